The van der Waals surface area contributed by atoms with Gasteiger partial charge in [-0.15, -0.1) is 0 Å². The maximum Gasteiger partial charge on any atom is 0.410 e. The zero-order valence-corrected chi connectivity index (χ0v) is 15.0. The van der Waals surface area contributed by atoms with Crippen molar-refractivity contribution in [2.24, 2.45) is 0 Å². The number of amides is 2. The van der Waals surface area contributed by atoms with Crippen LogP contribution in [-0.4, -0.2) is 82.9 Å². The van der Waals surface area contributed by atoms with Gasteiger partial charge in [-0.3, -0.25) is 9.69 Å². The van der Waals surface area contributed by atoms with Crippen LogP contribution in [-0.2, 0) is 9.53 Å². The van der Waals surface area contributed by atoms with Crippen molar-refractivity contribution < 1.29 is 23.8 Å². The van der Waals surface area contributed by atoms with Gasteiger partial charge in [-0.25, -0.2) is 14.2 Å². The van der Waals surface area contributed by atoms with Crippen LogP contribution >= 0.6 is 0 Å². The van der Waals surface area contributed by atoms with E-state index in [1.165, 1.54) is 12.3 Å². The van der Waals surface area contributed by atoms with Gasteiger partial charge in [-0.2, -0.15) is 0 Å². The van der Waals surface area contributed by atoms with Crippen LogP contribution in [0, 0.1) is 5.82 Å². The minimum absolute atomic E-state index is 0.0958. The zero-order chi connectivity index (χ0) is 19.0. The molecule has 1 aromatic rings. The van der Waals surface area contributed by atoms with Gasteiger partial charge in [0.1, 0.15) is 17.2 Å². The van der Waals surface area contributed by atoms with E-state index in [4.69, 9.17) is 9.84 Å². The molecule has 0 saturated carbocycles. The number of hydrogen-bond acceptors (Lipinski definition) is 6. The third-order valence-corrected chi connectivity index (χ3v) is 5.84. The van der Waals surface area contributed by atoms with Crippen molar-refractivity contribution in [1.29, 1.82) is 0 Å². The van der Waals surface area contributed by atoms with Crippen LogP contribution in [0.3, 0.4) is 0 Å². The molecule has 1 unspecified atom stereocenters. The van der Waals surface area contributed by atoms with Gasteiger partial charge >= 0.3 is 6.09 Å². The van der Waals surface area contributed by atoms with Gasteiger partial charge in [0.05, 0.1) is 18.8 Å². The first-order chi connectivity index (χ1) is 13.0. The fourth-order valence-electron chi connectivity index (χ4n) is 4.34. The third-order valence-electron chi connectivity index (χ3n) is 5.84. The lowest BCUT2D eigenvalue weighted by Gasteiger charge is -2.45. The minimum Gasteiger partial charge on any atom is -0.440 e. The number of anilines is 1. The molecule has 1 N–H and O–H groups in total. The van der Waals surface area contributed by atoms with Gasteiger partial charge in [0.2, 0.25) is 5.91 Å². The number of fused-ring (bicyclic) bond motifs is 2. The van der Waals surface area contributed by atoms with Crippen LogP contribution in [0.15, 0.2) is 18.3 Å². The fourth-order valence-corrected chi connectivity index (χ4v) is 4.34. The van der Waals surface area contributed by atoms with Gasteiger partial charge in [-0.05, 0) is 12.1 Å². The van der Waals surface area contributed by atoms with Crippen LogP contribution in [0.2, 0.25) is 0 Å². The standard InChI is InChI=1S/C18H23FN4O4/c19-13-1-2-15(20-11-13)21-6-4-18(5-7-21)14-12-22(16(25)3-10-24)8-9-23(14)17(26)27-18/h1-2,11,14,24H,3-10,12H2. The van der Waals surface area contributed by atoms with E-state index in [9.17, 15) is 14.0 Å². The van der Waals surface area contributed by atoms with Crippen molar-refractivity contribution in [3.05, 3.63) is 24.1 Å². The summed E-state index contributed by atoms with van der Waals surface area (Å²) in [5.41, 5.74) is -0.619. The quantitative estimate of drug-likeness (QED) is 0.829. The Labute approximate surface area is 156 Å². The predicted octanol–water partition coefficient (Wildman–Crippen LogP) is 0.605. The number of pyridine rings is 1. The average Bonchev–Trinajstić information content (AvgIpc) is 2.94. The van der Waals surface area contributed by atoms with Crippen molar-refractivity contribution in [3.63, 3.8) is 0 Å². The second-order valence-electron chi connectivity index (χ2n) is 7.28. The molecular weight excluding hydrogens is 355 g/mol. The highest BCUT2D eigenvalue weighted by Gasteiger charge is 2.56. The first-order valence-electron chi connectivity index (χ1n) is 9.27. The Morgan fingerprint density at radius 1 is 1.30 bits per heavy atom. The summed E-state index contributed by atoms with van der Waals surface area (Å²) >= 11 is 0. The molecule has 4 heterocycles. The number of piperazine rings is 1. The summed E-state index contributed by atoms with van der Waals surface area (Å²) in [6.45, 7) is 2.45. The first-order valence-corrected chi connectivity index (χ1v) is 9.27. The van der Waals surface area contributed by atoms with E-state index >= 15 is 0 Å². The Morgan fingerprint density at radius 2 is 2.07 bits per heavy atom. The molecule has 146 valence electrons. The third kappa shape index (κ3) is 3.20. The summed E-state index contributed by atoms with van der Waals surface area (Å²) in [6.07, 6.45) is 2.23. The van der Waals surface area contributed by atoms with Crippen LogP contribution in [0.1, 0.15) is 19.3 Å². The summed E-state index contributed by atoms with van der Waals surface area (Å²) in [4.78, 5) is 34.2. The molecule has 1 spiro atoms. The van der Waals surface area contributed by atoms with Crippen LogP contribution in [0.5, 0.6) is 0 Å². The predicted molar refractivity (Wildman–Crippen MR) is 93.6 cm³/mol. The molecule has 3 aliphatic heterocycles. The maximum absolute atomic E-state index is 13.1. The second kappa shape index (κ2) is 6.95. The number of carbonyl (C=O) groups excluding carboxylic acids is 2. The minimum atomic E-state index is -0.619. The molecule has 3 saturated heterocycles. The Morgan fingerprint density at radius 3 is 2.74 bits per heavy atom. The number of hydrogen-bond donors (Lipinski definition) is 1. The lowest BCUT2D eigenvalue weighted by Crippen LogP contribution is -2.61. The van der Waals surface area contributed by atoms with Gasteiger partial charge in [0, 0.05) is 52.0 Å². The number of rotatable bonds is 3. The molecule has 2 amide bonds. The number of aliphatic hydroxyl groups is 1. The molecular formula is C18H23FN4O4. The number of nitrogens with zero attached hydrogens (tertiary/aromatic N) is 4. The van der Waals surface area contributed by atoms with Crippen molar-refractivity contribution in [2.45, 2.75) is 30.9 Å². The second-order valence-corrected chi connectivity index (χ2v) is 7.28. The summed E-state index contributed by atoms with van der Waals surface area (Å²) in [6, 6.07) is 2.86. The highest BCUT2D eigenvalue weighted by molar-refractivity contribution is 5.78. The molecule has 3 aliphatic rings. The monoisotopic (exact) mass is 378 g/mol. The Bertz CT molecular complexity index is 721. The van der Waals surface area contributed by atoms with E-state index in [2.05, 4.69) is 9.88 Å². The number of ether oxygens (including phenoxy) is 1. The van der Waals surface area contributed by atoms with E-state index in [0.29, 0.717) is 51.4 Å². The molecule has 9 heteroatoms. The van der Waals surface area contributed by atoms with E-state index in [1.807, 2.05) is 0 Å². The molecule has 0 bridgehead atoms. The molecule has 0 aliphatic carbocycles. The fraction of sp³-hybridized carbons (Fsp3) is 0.611. The molecule has 1 aromatic heterocycles. The van der Waals surface area contributed by atoms with Gasteiger partial charge < -0.3 is 19.6 Å². The highest BCUT2D eigenvalue weighted by atomic mass is 19.1. The normalized spacial score (nSPS) is 24.1. The number of aliphatic hydroxyl groups excluding tert-OH is 1. The molecule has 3 fully saturated rings. The highest BCUT2D eigenvalue weighted by Crippen LogP contribution is 2.41. The SMILES string of the molecule is O=C(CCO)N1CCN2C(=O)OC3(CCN(c4ccc(F)cn4)CC3)C2C1. The Balaban J connectivity index is 1.47. The smallest absolute Gasteiger partial charge is 0.410 e. The molecule has 8 nitrogen and oxygen atoms in total. The topological polar surface area (TPSA) is 86.2 Å². The van der Waals surface area contributed by atoms with Crippen molar-refractivity contribution >= 4 is 17.8 Å². The largest absolute Gasteiger partial charge is 0.440 e. The molecule has 4 rings (SSSR count). The Kier molecular flexibility index (Phi) is 4.63. The van der Waals surface area contributed by atoms with Gasteiger partial charge in [0.25, 0.3) is 0 Å². The number of piperidine rings is 1. The van der Waals surface area contributed by atoms with Crippen molar-refractivity contribution in [1.82, 2.24) is 14.8 Å². The molecule has 1 atom stereocenters. The van der Waals surface area contributed by atoms with Gasteiger partial charge in [0.15, 0.2) is 0 Å². The lowest BCUT2D eigenvalue weighted by molar-refractivity contribution is -0.135. The van der Waals surface area contributed by atoms with E-state index in [-0.39, 0.29) is 36.9 Å². The van der Waals surface area contributed by atoms with E-state index in [0.717, 1.165) is 0 Å². The number of halogens is 1. The van der Waals surface area contributed by atoms with E-state index < -0.39 is 5.60 Å². The van der Waals surface area contributed by atoms with Gasteiger partial charge in [-0.1, -0.05) is 0 Å². The first kappa shape index (κ1) is 18.0. The lowest BCUT2D eigenvalue weighted by atomic mass is 9.83. The molecule has 0 aromatic carbocycles. The molecule has 0 radical (unpaired) electrons. The zero-order valence-electron chi connectivity index (χ0n) is 15.0. The van der Waals surface area contributed by atoms with E-state index in [1.54, 1.807) is 15.9 Å². The van der Waals surface area contributed by atoms with Crippen LogP contribution in [0.4, 0.5) is 15.0 Å². The summed E-state index contributed by atoms with van der Waals surface area (Å²) in [5, 5.41) is 9.02. The summed E-state index contributed by atoms with van der Waals surface area (Å²) in [7, 11) is 0. The summed E-state index contributed by atoms with van der Waals surface area (Å²) < 4.78 is 18.9. The average molecular weight is 378 g/mol. The van der Waals surface area contributed by atoms with Crippen LogP contribution in [0.25, 0.3) is 0 Å². The van der Waals surface area contributed by atoms with Crippen molar-refractivity contribution in [3.8, 4) is 0 Å². The number of carbonyl (C=O) groups is 2. The summed E-state index contributed by atoms with van der Waals surface area (Å²) in [5.74, 6) is 0.234. The van der Waals surface area contributed by atoms with Crippen molar-refractivity contribution in [2.75, 3.05) is 44.2 Å². The van der Waals surface area contributed by atoms with Crippen LogP contribution < -0.4 is 4.90 Å². The maximum atomic E-state index is 13.1. The number of aromatic nitrogens is 1. The molecule has 27 heavy (non-hydrogen) atoms. The Hall–Kier alpha value is -2.42.